The molecule has 2 bridgehead atoms. The average molecular weight is 674 g/mol. The normalized spacial score (nSPS) is 21.3. The van der Waals surface area contributed by atoms with Crippen LogP contribution in [0.15, 0.2) is 66.7 Å². The fourth-order valence-electron chi connectivity index (χ4n) is 7.10. The molecule has 1 saturated carbocycles. The van der Waals surface area contributed by atoms with Crippen molar-refractivity contribution in [1.29, 1.82) is 0 Å². The van der Waals surface area contributed by atoms with E-state index in [1.54, 1.807) is 19.2 Å². The van der Waals surface area contributed by atoms with Gasteiger partial charge in [-0.25, -0.2) is 0 Å². The molecule has 47 heavy (non-hydrogen) atoms. The van der Waals surface area contributed by atoms with Crippen molar-refractivity contribution in [3.63, 3.8) is 0 Å². The molecule has 2 aliphatic heterocycles. The number of aliphatic hydroxyl groups is 1. The van der Waals surface area contributed by atoms with Crippen LogP contribution in [0.1, 0.15) is 67.0 Å². The molecule has 0 spiro atoms. The summed E-state index contributed by atoms with van der Waals surface area (Å²) in [6.07, 6.45) is 4.59. The average Bonchev–Trinajstić information content (AvgIpc) is 3.09. The lowest BCUT2D eigenvalue weighted by Crippen LogP contribution is -2.35. The van der Waals surface area contributed by atoms with E-state index in [4.69, 9.17) is 9.47 Å². The molecule has 0 saturated heterocycles. The number of methoxy groups -OCH3 is 1. The molecule has 4 N–H and O–H groups in total. The lowest BCUT2D eigenvalue weighted by molar-refractivity contribution is -0.127. The van der Waals surface area contributed by atoms with Gasteiger partial charge in [-0.15, -0.1) is 0 Å². The summed E-state index contributed by atoms with van der Waals surface area (Å²) in [6.45, 7) is -0.0426. The maximum atomic E-state index is 13.8. The van der Waals surface area contributed by atoms with Gasteiger partial charge in [0, 0.05) is 29.4 Å². The number of benzene rings is 4. The molecule has 0 radical (unpaired) electrons. The number of hydrogen-bond acceptors (Lipinski definition) is 9. The van der Waals surface area contributed by atoms with Gasteiger partial charge >= 0.3 is 0 Å². The van der Waals surface area contributed by atoms with Crippen LogP contribution in [-0.2, 0) is 28.3 Å². The Morgan fingerprint density at radius 3 is 2.55 bits per heavy atom. The highest BCUT2D eigenvalue weighted by atomic mass is 33.1. The third kappa shape index (κ3) is 7.60. The van der Waals surface area contributed by atoms with Gasteiger partial charge < -0.3 is 24.8 Å². The fraction of sp³-hybridized carbons (Fsp3) is 0.395. The summed E-state index contributed by atoms with van der Waals surface area (Å²) in [6, 6.07) is 20.9. The summed E-state index contributed by atoms with van der Waals surface area (Å²) in [5.41, 5.74) is 5.47. The van der Waals surface area contributed by atoms with Crippen molar-refractivity contribution in [2.24, 2.45) is 5.92 Å². The summed E-state index contributed by atoms with van der Waals surface area (Å²) in [4.78, 5) is 13.8. The lowest BCUT2D eigenvalue weighted by Gasteiger charge is -2.35. The standard InChI is InChI=1S/C38H43NO6S2/c1-39-38(27-5-3-4-23(18-27)21-40)45-35-20-29(42)13-7-26-11-17-34(43)37(44-2)36(26)31-16-10-24-6-12-28(41)19-32(24)33(31)22-46-47-30-14-8-25(35)9-15-30/h3-6,10-12,16-19,25,30,35,38-41,43H,7-9,13-15,20-22H2,1-2H3. The number of Topliss-reactive ketones (excluding diaryl/α,β-unsaturated/α-hetero) is 1. The van der Waals surface area contributed by atoms with Crippen molar-refractivity contribution in [3.8, 4) is 28.4 Å². The molecule has 2 unspecified atom stereocenters. The van der Waals surface area contributed by atoms with Gasteiger partial charge in [-0.2, -0.15) is 0 Å². The Bertz CT molecular complexity index is 1720. The Kier molecular flexibility index (Phi) is 11.0. The summed E-state index contributed by atoms with van der Waals surface area (Å²) in [5.74, 6) is 1.75. The molecule has 4 aromatic carbocycles. The zero-order valence-corrected chi connectivity index (χ0v) is 28.5. The predicted octanol–water partition coefficient (Wildman–Crippen LogP) is 8.07. The number of nitrogens with one attached hydrogen (secondary N) is 1. The first-order valence-electron chi connectivity index (χ1n) is 16.3. The zero-order valence-electron chi connectivity index (χ0n) is 26.9. The summed E-state index contributed by atoms with van der Waals surface area (Å²) >= 11 is 0. The number of ketones is 1. The van der Waals surface area contributed by atoms with Crippen LogP contribution in [0.4, 0.5) is 0 Å². The number of rotatable bonds is 6. The number of carbonyl (C=O) groups excluding carboxylic acids is 1. The van der Waals surface area contributed by atoms with E-state index in [1.165, 1.54) is 0 Å². The van der Waals surface area contributed by atoms with E-state index in [0.717, 1.165) is 69.8 Å². The van der Waals surface area contributed by atoms with E-state index in [1.807, 2.05) is 77.2 Å². The molecule has 9 heteroatoms. The minimum atomic E-state index is -0.397. The van der Waals surface area contributed by atoms with Crippen molar-refractivity contribution in [3.05, 3.63) is 89.0 Å². The van der Waals surface area contributed by atoms with Crippen LogP contribution in [0.3, 0.4) is 0 Å². The van der Waals surface area contributed by atoms with Gasteiger partial charge in [-0.3, -0.25) is 10.1 Å². The number of hydrogen-bond donors (Lipinski definition) is 4. The van der Waals surface area contributed by atoms with Crippen molar-refractivity contribution in [2.75, 3.05) is 14.2 Å². The van der Waals surface area contributed by atoms with Gasteiger partial charge in [0.25, 0.3) is 0 Å². The van der Waals surface area contributed by atoms with E-state index in [0.29, 0.717) is 36.0 Å². The van der Waals surface area contributed by atoms with Gasteiger partial charge in [-0.05, 0) is 108 Å². The Morgan fingerprint density at radius 2 is 1.79 bits per heavy atom. The topological polar surface area (TPSA) is 108 Å². The molecule has 7 nitrogen and oxygen atoms in total. The number of aliphatic hydroxyl groups excluding tert-OH is 1. The second-order valence-corrected chi connectivity index (χ2v) is 15.2. The molecule has 3 aliphatic rings. The molecular formula is C38H43NO6S2. The third-order valence-corrected chi connectivity index (χ3v) is 12.4. The molecule has 0 aromatic heterocycles. The maximum Gasteiger partial charge on any atom is 0.168 e. The highest BCUT2D eigenvalue weighted by Crippen LogP contribution is 2.47. The van der Waals surface area contributed by atoms with Crippen LogP contribution in [0.2, 0.25) is 0 Å². The molecule has 2 heterocycles. The van der Waals surface area contributed by atoms with E-state index in [2.05, 4.69) is 11.4 Å². The third-order valence-electron chi connectivity index (χ3n) is 9.58. The predicted molar refractivity (Wildman–Crippen MR) is 191 cm³/mol. The van der Waals surface area contributed by atoms with Crippen molar-refractivity contribution >= 4 is 38.1 Å². The molecular weight excluding hydrogens is 631 g/mol. The second kappa shape index (κ2) is 15.3. The lowest BCUT2D eigenvalue weighted by atomic mass is 9.82. The van der Waals surface area contributed by atoms with Crippen molar-refractivity contribution in [1.82, 2.24) is 5.32 Å². The Hall–Kier alpha value is -3.21. The van der Waals surface area contributed by atoms with E-state index in [9.17, 15) is 20.1 Å². The smallest absolute Gasteiger partial charge is 0.168 e. The van der Waals surface area contributed by atoms with Gasteiger partial charge in [-0.1, -0.05) is 64.1 Å². The zero-order chi connectivity index (χ0) is 32.9. The molecule has 1 fully saturated rings. The van der Waals surface area contributed by atoms with Gasteiger partial charge in [0.05, 0.1) is 19.8 Å². The Balaban J connectivity index is 1.36. The van der Waals surface area contributed by atoms with Gasteiger partial charge in [0.1, 0.15) is 17.8 Å². The SMILES string of the molecule is CNC(OC1CC(=O)CCc2ccc(O)c(OC)c2-c2ccc3ccc(O)cc3c2CSSC2CCC1CC2)c1cccc(CO)c1. The first-order valence-corrected chi connectivity index (χ1v) is 18.7. The number of aromatic hydroxyl groups is 2. The Morgan fingerprint density at radius 1 is 0.979 bits per heavy atom. The number of aryl methyl sites for hydroxylation is 1. The number of carbonyl (C=O) groups is 1. The molecule has 7 rings (SSSR count). The number of ether oxygens (including phenoxy) is 2. The van der Waals surface area contributed by atoms with Crippen LogP contribution in [-0.4, -0.2) is 46.6 Å². The summed E-state index contributed by atoms with van der Waals surface area (Å²) < 4.78 is 12.6. The quantitative estimate of drug-likeness (QED) is 0.119. The van der Waals surface area contributed by atoms with Crippen LogP contribution in [0.5, 0.6) is 17.2 Å². The number of phenolic OH excluding ortho intramolecular Hbond substituents is 2. The van der Waals surface area contributed by atoms with Crippen molar-refractivity contribution < 1.29 is 29.6 Å². The van der Waals surface area contributed by atoms with Crippen LogP contribution < -0.4 is 10.1 Å². The fourth-order valence-corrected chi connectivity index (χ4v) is 9.96. The van der Waals surface area contributed by atoms with Crippen LogP contribution in [0.25, 0.3) is 21.9 Å². The summed E-state index contributed by atoms with van der Waals surface area (Å²) in [7, 11) is 7.17. The molecule has 248 valence electrons. The number of phenols is 2. The van der Waals surface area contributed by atoms with Gasteiger partial charge in [0.2, 0.25) is 0 Å². The second-order valence-electron chi connectivity index (χ2n) is 12.5. The first-order chi connectivity index (χ1) is 22.9. The van der Waals surface area contributed by atoms with Crippen LogP contribution in [0, 0.1) is 5.92 Å². The van der Waals surface area contributed by atoms with Crippen LogP contribution >= 0.6 is 21.6 Å². The highest BCUT2D eigenvalue weighted by molar-refractivity contribution is 8.76. The molecule has 4 aromatic rings. The first kappa shape index (κ1) is 33.7. The van der Waals surface area contributed by atoms with Crippen molar-refractivity contribution in [2.45, 2.75) is 74.9 Å². The van der Waals surface area contributed by atoms with E-state index >= 15 is 0 Å². The number of fused-ring (bicyclic) bond motifs is 9. The minimum absolute atomic E-state index is 0.0426. The largest absolute Gasteiger partial charge is 0.508 e. The highest BCUT2D eigenvalue weighted by Gasteiger charge is 2.33. The Labute approximate surface area is 284 Å². The molecule has 0 amide bonds. The maximum absolute atomic E-state index is 13.8. The monoisotopic (exact) mass is 673 g/mol. The van der Waals surface area contributed by atoms with E-state index in [-0.39, 0.29) is 35.9 Å². The molecule has 1 aliphatic carbocycles. The van der Waals surface area contributed by atoms with Gasteiger partial charge in [0.15, 0.2) is 11.5 Å². The minimum Gasteiger partial charge on any atom is -0.508 e. The summed E-state index contributed by atoms with van der Waals surface area (Å²) in [5, 5.41) is 36.8. The molecule has 2 atom stereocenters. The van der Waals surface area contributed by atoms with E-state index < -0.39 is 6.23 Å².